The summed E-state index contributed by atoms with van der Waals surface area (Å²) in [4.78, 5) is 12.5. The zero-order valence-corrected chi connectivity index (χ0v) is 13.1. The van der Waals surface area contributed by atoms with Crippen LogP contribution < -0.4 is 4.74 Å². The van der Waals surface area contributed by atoms with E-state index in [0.717, 1.165) is 18.6 Å². The summed E-state index contributed by atoms with van der Waals surface area (Å²) in [5.41, 5.74) is -0.575. The Balaban J connectivity index is 2.57. The van der Waals surface area contributed by atoms with Crippen LogP contribution in [-0.2, 0) is 6.54 Å². The Hall–Kier alpha value is -1.76. The maximum atomic E-state index is 13.9. The Morgan fingerprint density at radius 2 is 2.00 bits per heavy atom. The molecule has 0 fully saturated rings. The highest BCUT2D eigenvalue weighted by molar-refractivity contribution is 9.10. The highest BCUT2D eigenvalue weighted by Gasteiger charge is 2.26. The van der Waals surface area contributed by atoms with Crippen LogP contribution in [0.4, 0.5) is 8.78 Å². The first-order valence-corrected chi connectivity index (χ1v) is 7.07. The van der Waals surface area contributed by atoms with E-state index in [2.05, 4.69) is 21.0 Å². The van der Waals surface area contributed by atoms with Gasteiger partial charge in [0.25, 0.3) is 0 Å². The lowest BCUT2D eigenvalue weighted by atomic mass is 10.1. The van der Waals surface area contributed by atoms with Gasteiger partial charge in [0.05, 0.1) is 18.9 Å². The molecule has 0 aliphatic heterocycles. The highest BCUT2D eigenvalue weighted by atomic mass is 79.9. The minimum absolute atomic E-state index is 0.0412. The van der Waals surface area contributed by atoms with Gasteiger partial charge in [-0.1, -0.05) is 22.9 Å². The molecule has 0 unspecified atom stereocenters. The Bertz CT molecular complexity index is 663. The van der Waals surface area contributed by atoms with Crippen LogP contribution in [0.2, 0.25) is 0 Å². The molecule has 0 aliphatic carbocycles. The van der Waals surface area contributed by atoms with Crippen LogP contribution in [0.1, 0.15) is 29.4 Å². The van der Waals surface area contributed by atoms with Gasteiger partial charge in [-0.05, 0) is 18.6 Å². The van der Waals surface area contributed by atoms with Gasteiger partial charge in [-0.2, -0.15) is 5.10 Å². The number of rotatable bonds is 5. The highest BCUT2D eigenvalue weighted by Crippen LogP contribution is 2.26. The molecular formula is C14H13BrF2N2O2. The third-order valence-corrected chi connectivity index (χ3v) is 3.37. The summed E-state index contributed by atoms with van der Waals surface area (Å²) in [5.74, 6) is -2.47. The number of hydrogen-bond acceptors (Lipinski definition) is 3. The lowest BCUT2D eigenvalue weighted by molar-refractivity contribution is 0.101. The van der Waals surface area contributed by atoms with E-state index < -0.39 is 23.0 Å². The third-order valence-electron chi connectivity index (χ3n) is 2.91. The molecule has 21 heavy (non-hydrogen) atoms. The van der Waals surface area contributed by atoms with Crippen LogP contribution >= 0.6 is 15.9 Å². The first kappa shape index (κ1) is 15.6. The smallest absolute Gasteiger partial charge is 0.220 e. The molecule has 1 aromatic heterocycles. The molecule has 0 saturated heterocycles. The van der Waals surface area contributed by atoms with Gasteiger partial charge in [0.2, 0.25) is 5.78 Å². The van der Waals surface area contributed by atoms with Crippen LogP contribution in [0.3, 0.4) is 0 Å². The van der Waals surface area contributed by atoms with Crippen molar-refractivity contribution in [1.82, 2.24) is 9.78 Å². The fourth-order valence-electron chi connectivity index (χ4n) is 2.01. The Kier molecular flexibility index (Phi) is 4.72. The predicted molar refractivity (Wildman–Crippen MR) is 76.6 cm³/mol. The summed E-state index contributed by atoms with van der Waals surface area (Å²) in [7, 11) is 1.37. The third kappa shape index (κ3) is 2.97. The van der Waals surface area contributed by atoms with Crippen molar-refractivity contribution in [1.29, 1.82) is 0 Å². The number of halogens is 3. The molecule has 1 heterocycles. The molecule has 0 radical (unpaired) electrons. The lowest BCUT2D eigenvalue weighted by Crippen LogP contribution is -2.15. The van der Waals surface area contributed by atoms with Gasteiger partial charge in [-0.3, -0.25) is 9.48 Å². The molecule has 0 atom stereocenters. The number of aryl methyl sites for hydroxylation is 1. The molecule has 1 aromatic carbocycles. The fourth-order valence-corrected chi connectivity index (χ4v) is 2.41. The van der Waals surface area contributed by atoms with Crippen molar-refractivity contribution in [3.63, 3.8) is 0 Å². The van der Waals surface area contributed by atoms with Crippen LogP contribution in [0.25, 0.3) is 0 Å². The first-order chi connectivity index (χ1) is 9.99. The van der Waals surface area contributed by atoms with Crippen LogP contribution in [0.5, 0.6) is 5.75 Å². The zero-order chi connectivity index (χ0) is 15.6. The number of hydrogen-bond donors (Lipinski definition) is 0. The van der Waals surface area contributed by atoms with E-state index in [-0.39, 0.29) is 15.9 Å². The quantitative estimate of drug-likeness (QED) is 0.767. The molecule has 0 aliphatic rings. The minimum atomic E-state index is -0.932. The van der Waals surface area contributed by atoms with Crippen molar-refractivity contribution in [2.24, 2.45) is 0 Å². The predicted octanol–water partition coefficient (Wildman–Crippen LogP) is 3.57. The van der Waals surface area contributed by atoms with E-state index >= 15 is 0 Å². The number of benzene rings is 1. The SMILES string of the molecule is CCCn1ncc(OC)c1C(=O)c1c(F)cc(Br)cc1F. The molecule has 2 aromatic rings. The van der Waals surface area contributed by atoms with E-state index in [4.69, 9.17) is 4.74 Å². The van der Waals surface area contributed by atoms with E-state index in [1.807, 2.05) is 6.92 Å². The Morgan fingerprint density at radius 3 is 2.52 bits per heavy atom. The molecule has 0 bridgehead atoms. The topological polar surface area (TPSA) is 44.1 Å². The minimum Gasteiger partial charge on any atom is -0.493 e. The summed E-state index contributed by atoms with van der Waals surface area (Å²) in [6.45, 7) is 2.35. The second-order valence-corrected chi connectivity index (χ2v) is 5.27. The van der Waals surface area contributed by atoms with Gasteiger partial charge in [-0.15, -0.1) is 0 Å². The van der Waals surface area contributed by atoms with Crippen molar-refractivity contribution >= 4 is 21.7 Å². The van der Waals surface area contributed by atoms with Crippen molar-refractivity contribution in [2.75, 3.05) is 7.11 Å². The number of ether oxygens (including phenoxy) is 1. The van der Waals surface area contributed by atoms with Crippen LogP contribution in [0.15, 0.2) is 22.8 Å². The van der Waals surface area contributed by atoms with Gasteiger partial charge >= 0.3 is 0 Å². The number of aromatic nitrogens is 2. The standard InChI is InChI=1S/C14H13BrF2N2O2/c1-3-4-19-13(11(21-2)7-18-19)14(20)12-9(16)5-8(15)6-10(12)17/h5-7H,3-4H2,1-2H3. The largest absolute Gasteiger partial charge is 0.493 e. The lowest BCUT2D eigenvalue weighted by Gasteiger charge is -2.09. The average molecular weight is 359 g/mol. The van der Waals surface area contributed by atoms with Gasteiger partial charge in [0, 0.05) is 11.0 Å². The normalized spacial score (nSPS) is 10.7. The fraction of sp³-hybridized carbons (Fsp3) is 0.286. The second kappa shape index (κ2) is 6.34. The van der Waals surface area contributed by atoms with Crippen molar-refractivity contribution in [3.05, 3.63) is 45.7 Å². The second-order valence-electron chi connectivity index (χ2n) is 4.36. The summed E-state index contributed by atoms with van der Waals surface area (Å²) >= 11 is 2.98. The Morgan fingerprint density at radius 1 is 1.38 bits per heavy atom. The number of ketones is 1. The molecular weight excluding hydrogens is 346 g/mol. The molecule has 112 valence electrons. The van der Waals surface area contributed by atoms with E-state index in [1.54, 1.807) is 0 Å². The molecule has 0 saturated carbocycles. The van der Waals surface area contributed by atoms with Gasteiger partial charge in [-0.25, -0.2) is 8.78 Å². The summed E-state index contributed by atoms with van der Waals surface area (Å²) < 4.78 is 34.6. The monoisotopic (exact) mass is 358 g/mol. The van der Waals surface area contributed by atoms with Crippen LogP contribution in [0, 0.1) is 11.6 Å². The van der Waals surface area contributed by atoms with Crippen LogP contribution in [-0.4, -0.2) is 22.7 Å². The Labute approximate surface area is 128 Å². The van der Waals surface area contributed by atoms with Gasteiger partial charge in [0.15, 0.2) is 11.4 Å². The van der Waals surface area contributed by atoms with Crippen molar-refractivity contribution in [2.45, 2.75) is 19.9 Å². The number of carbonyl (C=O) groups excluding carboxylic acids is 1. The summed E-state index contributed by atoms with van der Waals surface area (Å²) in [5, 5.41) is 4.02. The molecule has 7 heteroatoms. The first-order valence-electron chi connectivity index (χ1n) is 6.28. The molecule has 0 amide bonds. The van der Waals surface area contributed by atoms with E-state index in [0.29, 0.717) is 6.54 Å². The van der Waals surface area contributed by atoms with Crippen molar-refractivity contribution < 1.29 is 18.3 Å². The summed E-state index contributed by atoms with van der Waals surface area (Å²) in [6.07, 6.45) is 2.08. The zero-order valence-electron chi connectivity index (χ0n) is 11.5. The maximum absolute atomic E-state index is 13.9. The maximum Gasteiger partial charge on any atom is 0.220 e. The number of carbonyl (C=O) groups is 1. The number of nitrogens with zero attached hydrogens (tertiary/aromatic N) is 2. The molecule has 0 spiro atoms. The summed E-state index contributed by atoms with van der Waals surface area (Å²) in [6, 6.07) is 2.09. The molecule has 0 N–H and O–H groups in total. The van der Waals surface area contributed by atoms with Gasteiger partial charge in [0.1, 0.15) is 11.6 Å². The number of methoxy groups -OCH3 is 1. The van der Waals surface area contributed by atoms with E-state index in [9.17, 15) is 13.6 Å². The van der Waals surface area contributed by atoms with Crippen molar-refractivity contribution in [3.8, 4) is 5.75 Å². The van der Waals surface area contributed by atoms with E-state index in [1.165, 1.54) is 18.0 Å². The molecule has 2 rings (SSSR count). The molecule has 4 nitrogen and oxygen atoms in total. The average Bonchev–Trinajstić information content (AvgIpc) is 2.80. The van der Waals surface area contributed by atoms with Gasteiger partial charge < -0.3 is 4.74 Å².